The molecular weight excluding hydrogens is 651 g/mol. The normalized spacial score (nSPS) is 11.7. The third-order valence-corrected chi connectivity index (χ3v) is 11.2. The van der Waals surface area contributed by atoms with E-state index in [1.165, 1.54) is 104 Å². The lowest BCUT2D eigenvalue weighted by Crippen LogP contribution is -1.92. The molecule has 1 heteroatoms. The van der Waals surface area contributed by atoms with E-state index < -0.39 is 0 Å². The maximum absolute atomic E-state index is 4.80. The van der Waals surface area contributed by atoms with Gasteiger partial charge >= 0.3 is 0 Å². The summed E-state index contributed by atoms with van der Waals surface area (Å²) in [4.78, 5) is 4.80. The van der Waals surface area contributed by atoms with E-state index in [2.05, 4.69) is 188 Å². The molecular formula is C53H33N. The van der Waals surface area contributed by atoms with Gasteiger partial charge in [-0.25, -0.2) is 0 Å². The first-order valence-electron chi connectivity index (χ1n) is 18.6. The number of benzene rings is 10. The summed E-state index contributed by atoms with van der Waals surface area (Å²) in [6, 6.07) is 71.3. The zero-order chi connectivity index (χ0) is 35.6. The van der Waals surface area contributed by atoms with Crippen LogP contribution in [-0.2, 0) is 0 Å². The summed E-state index contributed by atoms with van der Waals surface area (Å²) >= 11 is 0. The van der Waals surface area contributed by atoms with Crippen molar-refractivity contribution < 1.29 is 0 Å². The highest BCUT2D eigenvalue weighted by molar-refractivity contribution is 6.22. The van der Waals surface area contributed by atoms with E-state index >= 15 is 0 Å². The summed E-state index contributed by atoms with van der Waals surface area (Å²) in [5.74, 6) is 0. The highest BCUT2D eigenvalue weighted by atomic mass is 14.6. The minimum atomic E-state index is 1.04. The molecule has 0 bridgehead atoms. The second-order valence-electron chi connectivity index (χ2n) is 14.3. The summed E-state index contributed by atoms with van der Waals surface area (Å²) in [7, 11) is 0. The lowest BCUT2D eigenvalue weighted by molar-refractivity contribution is 1.43. The second-order valence-corrected chi connectivity index (χ2v) is 14.3. The monoisotopic (exact) mass is 683 g/mol. The third kappa shape index (κ3) is 4.90. The molecule has 10 aromatic carbocycles. The van der Waals surface area contributed by atoms with Gasteiger partial charge in [-0.3, -0.25) is 4.98 Å². The van der Waals surface area contributed by atoms with Gasteiger partial charge in [-0.15, -0.1) is 0 Å². The van der Waals surface area contributed by atoms with Crippen LogP contribution < -0.4 is 0 Å². The smallest absolute Gasteiger partial charge is 0.0786 e. The Bertz CT molecular complexity index is 3260. The topological polar surface area (TPSA) is 12.9 Å². The average Bonchev–Trinajstić information content (AvgIpc) is 3.25. The van der Waals surface area contributed by atoms with E-state index in [0.717, 1.165) is 5.52 Å². The van der Waals surface area contributed by atoms with Gasteiger partial charge in [0.25, 0.3) is 0 Å². The van der Waals surface area contributed by atoms with E-state index in [-0.39, 0.29) is 0 Å². The standard InChI is InChI=1S/C53H33N/c1-3-12-38-30-42(25-21-34(38)10-1)51-45-16-7-8-17-46(45)52(43-26-22-35-11-2-4-13-39(35)31-43)50-32-40(27-28-47(50)51)36-19-23-37(24-20-36)49-33-41-14-5-6-15-44(41)53-48(49)18-9-29-54-53/h1-33H. The van der Waals surface area contributed by atoms with Crippen LogP contribution >= 0.6 is 0 Å². The largest absolute Gasteiger partial charge is 0.256 e. The van der Waals surface area contributed by atoms with Crippen LogP contribution in [0.3, 0.4) is 0 Å². The number of hydrogen-bond donors (Lipinski definition) is 0. The number of pyridine rings is 1. The van der Waals surface area contributed by atoms with E-state index in [9.17, 15) is 0 Å². The molecule has 1 nitrogen and oxygen atoms in total. The summed E-state index contributed by atoms with van der Waals surface area (Å²) < 4.78 is 0. The molecule has 0 unspecified atom stereocenters. The van der Waals surface area contributed by atoms with Crippen molar-refractivity contribution in [1.29, 1.82) is 0 Å². The van der Waals surface area contributed by atoms with Gasteiger partial charge in [-0.1, -0.05) is 164 Å². The first-order valence-corrected chi connectivity index (χ1v) is 18.6. The van der Waals surface area contributed by atoms with Gasteiger partial charge in [0.1, 0.15) is 0 Å². The fourth-order valence-corrected chi connectivity index (χ4v) is 8.66. The minimum absolute atomic E-state index is 1.04. The van der Waals surface area contributed by atoms with E-state index in [1.807, 2.05) is 12.3 Å². The Morgan fingerprint density at radius 3 is 1.41 bits per heavy atom. The Kier molecular flexibility index (Phi) is 6.93. The Labute approximate surface area is 313 Å². The van der Waals surface area contributed by atoms with Crippen molar-refractivity contribution in [2.24, 2.45) is 0 Å². The molecule has 0 N–H and O–H groups in total. The number of hydrogen-bond acceptors (Lipinski definition) is 1. The van der Waals surface area contributed by atoms with Crippen molar-refractivity contribution in [3.63, 3.8) is 0 Å². The van der Waals surface area contributed by atoms with E-state index in [0.29, 0.717) is 0 Å². The number of nitrogens with zero attached hydrogens (tertiary/aromatic N) is 1. The van der Waals surface area contributed by atoms with Gasteiger partial charge in [0.2, 0.25) is 0 Å². The molecule has 250 valence electrons. The van der Waals surface area contributed by atoms with Crippen molar-refractivity contribution in [2.75, 3.05) is 0 Å². The molecule has 1 aromatic heterocycles. The van der Waals surface area contributed by atoms with Gasteiger partial charge in [0.15, 0.2) is 0 Å². The summed E-state index contributed by atoms with van der Waals surface area (Å²) in [6.07, 6.45) is 1.89. The maximum atomic E-state index is 4.80. The Hall–Kier alpha value is -7.09. The molecule has 0 atom stereocenters. The summed E-state index contributed by atoms with van der Waals surface area (Å²) in [5.41, 5.74) is 10.8. The Balaban J connectivity index is 1.14. The van der Waals surface area contributed by atoms with Crippen molar-refractivity contribution in [1.82, 2.24) is 4.98 Å². The molecule has 11 aromatic rings. The molecule has 1 heterocycles. The molecule has 0 amide bonds. The van der Waals surface area contributed by atoms with Gasteiger partial charge in [0.05, 0.1) is 5.52 Å². The summed E-state index contributed by atoms with van der Waals surface area (Å²) in [5, 5.41) is 13.6. The fourth-order valence-electron chi connectivity index (χ4n) is 8.66. The quantitative estimate of drug-likeness (QED) is 0.133. The van der Waals surface area contributed by atoms with Crippen LogP contribution in [0.5, 0.6) is 0 Å². The lowest BCUT2D eigenvalue weighted by atomic mass is 9.84. The van der Waals surface area contributed by atoms with Gasteiger partial charge in [-0.05, 0) is 123 Å². The fraction of sp³-hybridized carbons (Fsp3) is 0. The zero-order valence-corrected chi connectivity index (χ0v) is 29.5. The minimum Gasteiger partial charge on any atom is -0.256 e. The highest BCUT2D eigenvalue weighted by Gasteiger charge is 2.18. The van der Waals surface area contributed by atoms with E-state index in [1.54, 1.807) is 0 Å². The van der Waals surface area contributed by atoms with E-state index in [4.69, 9.17) is 4.98 Å². The van der Waals surface area contributed by atoms with Crippen molar-refractivity contribution in [3.8, 4) is 44.5 Å². The molecule has 0 fully saturated rings. The van der Waals surface area contributed by atoms with Gasteiger partial charge in [-0.2, -0.15) is 0 Å². The second kappa shape index (κ2) is 12.3. The molecule has 0 saturated carbocycles. The van der Waals surface area contributed by atoms with Gasteiger partial charge < -0.3 is 0 Å². The lowest BCUT2D eigenvalue weighted by Gasteiger charge is -2.19. The first-order chi connectivity index (χ1) is 26.8. The first kappa shape index (κ1) is 30.5. The number of aromatic nitrogens is 1. The van der Waals surface area contributed by atoms with Crippen LogP contribution in [0.25, 0.3) is 109 Å². The van der Waals surface area contributed by atoms with Gasteiger partial charge in [0, 0.05) is 17.0 Å². The van der Waals surface area contributed by atoms with Crippen LogP contribution in [0.2, 0.25) is 0 Å². The molecule has 0 saturated heterocycles. The molecule has 0 aliphatic rings. The van der Waals surface area contributed by atoms with Crippen molar-refractivity contribution in [2.45, 2.75) is 0 Å². The third-order valence-electron chi connectivity index (χ3n) is 11.2. The average molecular weight is 684 g/mol. The van der Waals surface area contributed by atoms with Crippen molar-refractivity contribution in [3.05, 3.63) is 200 Å². The van der Waals surface area contributed by atoms with Crippen LogP contribution in [0.1, 0.15) is 0 Å². The molecule has 54 heavy (non-hydrogen) atoms. The molecule has 0 aliphatic heterocycles. The highest BCUT2D eigenvalue weighted by Crippen LogP contribution is 2.46. The SMILES string of the molecule is c1ccc2cc(-c3c4ccccc4c(-c4ccc5ccccc5c4)c4cc(-c5ccc(-c6cc7ccccc7c7ncccc67)cc5)ccc34)ccc2c1. The Morgan fingerprint density at radius 1 is 0.259 bits per heavy atom. The Morgan fingerprint density at radius 2 is 0.741 bits per heavy atom. The van der Waals surface area contributed by atoms with Crippen LogP contribution in [0, 0.1) is 0 Å². The molecule has 0 radical (unpaired) electrons. The number of fused-ring (bicyclic) bond motifs is 7. The summed E-state index contributed by atoms with van der Waals surface area (Å²) in [6.45, 7) is 0. The number of rotatable bonds is 4. The van der Waals surface area contributed by atoms with Crippen molar-refractivity contribution >= 4 is 64.8 Å². The predicted molar refractivity (Wildman–Crippen MR) is 231 cm³/mol. The molecule has 0 aliphatic carbocycles. The zero-order valence-electron chi connectivity index (χ0n) is 29.5. The van der Waals surface area contributed by atoms with Crippen LogP contribution in [0.4, 0.5) is 0 Å². The van der Waals surface area contributed by atoms with Crippen LogP contribution in [-0.4, -0.2) is 4.98 Å². The van der Waals surface area contributed by atoms with Crippen LogP contribution in [0.15, 0.2) is 200 Å². The molecule has 0 spiro atoms. The predicted octanol–water partition coefficient (Wildman–Crippen LogP) is 14.7. The molecule has 11 rings (SSSR count). The maximum Gasteiger partial charge on any atom is 0.0786 e.